The smallest absolute Gasteiger partial charge is 0.146 e. The Labute approximate surface area is 122 Å². The number of hydrogen-bond donors (Lipinski definition) is 2. The molecule has 0 spiro atoms. The molecule has 1 aromatic heterocycles. The lowest BCUT2D eigenvalue weighted by atomic mass is 10.1. The van der Waals surface area contributed by atoms with Crippen LogP contribution < -0.4 is 10.5 Å². The molecule has 0 bridgehead atoms. The molecule has 0 aliphatic carbocycles. The molecule has 0 fully saturated rings. The summed E-state index contributed by atoms with van der Waals surface area (Å²) in [5, 5.41) is 8.64. The Morgan fingerprint density at radius 2 is 1.86 bits per heavy atom. The van der Waals surface area contributed by atoms with Gasteiger partial charge in [0.25, 0.3) is 0 Å². The van der Waals surface area contributed by atoms with Gasteiger partial charge in [0.1, 0.15) is 23.7 Å². The molecular formula is C17H15N3O. The molecule has 4 nitrogen and oxygen atoms in total. The van der Waals surface area contributed by atoms with Crippen molar-refractivity contribution in [3.05, 3.63) is 71.9 Å². The molecule has 0 radical (unpaired) electrons. The average Bonchev–Trinajstić information content (AvgIpc) is 2.53. The Hall–Kier alpha value is -2.88. The van der Waals surface area contributed by atoms with Gasteiger partial charge in [-0.05, 0) is 12.1 Å². The number of aromatic nitrogens is 1. The molecule has 21 heavy (non-hydrogen) atoms. The molecule has 0 amide bonds. The lowest BCUT2D eigenvalue weighted by molar-refractivity contribution is 0.309. The van der Waals surface area contributed by atoms with Crippen molar-refractivity contribution in [3.8, 4) is 5.75 Å². The fraction of sp³-hybridized carbons (Fsp3) is 0.0588. The Morgan fingerprint density at radius 3 is 2.71 bits per heavy atom. The van der Waals surface area contributed by atoms with Gasteiger partial charge in [-0.25, -0.2) is 0 Å². The average molecular weight is 277 g/mol. The summed E-state index contributed by atoms with van der Waals surface area (Å²) in [7, 11) is 0. The Bertz CT molecular complexity index is 793. The van der Waals surface area contributed by atoms with Crippen molar-refractivity contribution >= 4 is 16.7 Å². The van der Waals surface area contributed by atoms with Gasteiger partial charge < -0.3 is 10.5 Å². The summed E-state index contributed by atoms with van der Waals surface area (Å²) < 4.78 is 5.88. The molecule has 3 aromatic rings. The largest absolute Gasteiger partial charge is 0.487 e. The van der Waals surface area contributed by atoms with Crippen LogP contribution in [-0.2, 0) is 6.61 Å². The van der Waals surface area contributed by atoms with Gasteiger partial charge in [-0.15, -0.1) is 0 Å². The molecule has 2 aromatic carbocycles. The van der Waals surface area contributed by atoms with Crippen LogP contribution in [0.2, 0.25) is 0 Å². The lowest BCUT2D eigenvalue weighted by Crippen LogP contribution is -2.14. The van der Waals surface area contributed by atoms with Gasteiger partial charge >= 0.3 is 0 Å². The van der Waals surface area contributed by atoms with E-state index >= 15 is 0 Å². The third-order valence-corrected chi connectivity index (χ3v) is 3.29. The summed E-state index contributed by atoms with van der Waals surface area (Å²) in [6, 6.07) is 17.2. The van der Waals surface area contributed by atoms with E-state index in [0.29, 0.717) is 12.2 Å². The highest BCUT2D eigenvalue weighted by Crippen LogP contribution is 2.24. The van der Waals surface area contributed by atoms with Crippen molar-refractivity contribution in [1.29, 1.82) is 5.41 Å². The van der Waals surface area contributed by atoms with Gasteiger partial charge in [-0.2, -0.15) is 0 Å². The summed E-state index contributed by atoms with van der Waals surface area (Å²) in [6.45, 7) is 0.353. The van der Waals surface area contributed by atoms with Gasteiger partial charge in [0.05, 0.1) is 0 Å². The van der Waals surface area contributed by atoms with Gasteiger partial charge in [0, 0.05) is 22.7 Å². The van der Waals surface area contributed by atoms with E-state index in [1.54, 1.807) is 6.20 Å². The van der Waals surface area contributed by atoms with Crippen LogP contribution in [0, 0.1) is 5.41 Å². The van der Waals surface area contributed by atoms with E-state index in [1.807, 2.05) is 54.6 Å². The number of nitrogen functional groups attached to an aromatic ring is 1. The number of para-hydroxylation sites is 1. The van der Waals surface area contributed by atoms with Crippen molar-refractivity contribution in [2.24, 2.45) is 5.73 Å². The van der Waals surface area contributed by atoms with Crippen molar-refractivity contribution in [2.45, 2.75) is 6.61 Å². The standard InChI is InChI=1S/C17H15N3O/c18-17(19)14-8-2-1-5-13(14)11-21-15-9-3-6-12-7-4-10-20-16(12)15/h1-10H,11H2,(H3,18,19). The summed E-state index contributed by atoms with van der Waals surface area (Å²) in [6.07, 6.45) is 1.75. The summed E-state index contributed by atoms with van der Waals surface area (Å²) in [5.41, 5.74) is 8.01. The van der Waals surface area contributed by atoms with E-state index in [9.17, 15) is 0 Å². The number of ether oxygens (including phenoxy) is 1. The van der Waals surface area contributed by atoms with Crippen LogP contribution in [0.3, 0.4) is 0 Å². The van der Waals surface area contributed by atoms with E-state index < -0.39 is 0 Å². The zero-order valence-corrected chi connectivity index (χ0v) is 11.4. The zero-order valence-electron chi connectivity index (χ0n) is 11.4. The van der Waals surface area contributed by atoms with Crippen LogP contribution in [0.5, 0.6) is 5.75 Å². The first-order valence-corrected chi connectivity index (χ1v) is 6.64. The van der Waals surface area contributed by atoms with Crippen LogP contribution in [0.15, 0.2) is 60.8 Å². The number of amidine groups is 1. The van der Waals surface area contributed by atoms with Crippen LogP contribution in [-0.4, -0.2) is 10.8 Å². The molecule has 0 aliphatic rings. The minimum Gasteiger partial charge on any atom is -0.487 e. The normalized spacial score (nSPS) is 10.5. The molecule has 3 N–H and O–H groups in total. The number of hydrogen-bond acceptors (Lipinski definition) is 3. The van der Waals surface area contributed by atoms with Crippen LogP contribution in [0.1, 0.15) is 11.1 Å². The molecular weight excluding hydrogens is 262 g/mol. The molecule has 3 rings (SSSR count). The fourth-order valence-electron chi connectivity index (χ4n) is 2.26. The van der Waals surface area contributed by atoms with Gasteiger partial charge in [-0.1, -0.05) is 42.5 Å². The first-order chi connectivity index (χ1) is 10.3. The third kappa shape index (κ3) is 2.69. The number of nitrogens with zero attached hydrogens (tertiary/aromatic N) is 1. The fourth-order valence-corrected chi connectivity index (χ4v) is 2.26. The van der Waals surface area contributed by atoms with Crippen LogP contribution >= 0.6 is 0 Å². The van der Waals surface area contributed by atoms with Crippen molar-refractivity contribution in [3.63, 3.8) is 0 Å². The van der Waals surface area contributed by atoms with E-state index in [-0.39, 0.29) is 5.84 Å². The number of benzene rings is 2. The Kier molecular flexibility index (Phi) is 3.51. The molecule has 0 aliphatic heterocycles. The Balaban J connectivity index is 1.89. The van der Waals surface area contributed by atoms with Crippen LogP contribution in [0.25, 0.3) is 10.9 Å². The molecule has 104 valence electrons. The second kappa shape index (κ2) is 5.63. The maximum absolute atomic E-state index is 7.60. The topological polar surface area (TPSA) is 72.0 Å². The molecule has 0 unspecified atom stereocenters. The second-order valence-corrected chi connectivity index (χ2v) is 4.69. The molecule has 0 saturated heterocycles. The highest BCUT2D eigenvalue weighted by atomic mass is 16.5. The minimum atomic E-state index is 0.0465. The zero-order chi connectivity index (χ0) is 14.7. The second-order valence-electron chi connectivity index (χ2n) is 4.69. The molecule has 0 atom stereocenters. The highest BCUT2D eigenvalue weighted by Gasteiger charge is 2.07. The van der Waals surface area contributed by atoms with E-state index in [1.165, 1.54) is 0 Å². The summed E-state index contributed by atoms with van der Waals surface area (Å²) in [4.78, 5) is 4.36. The van der Waals surface area contributed by atoms with Gasteiger partial charge in [-0.3, -0.25) is 10.4 Å². The predicted molar refractivity (Wildman–Crippen MR) is 83.5 cm³/mol. The van der Waals surface area contributed by atoms with Crippen molar-refractivity contribution in [1.82, 2.24) is 4.98 Å². The third-order valence-electron chi connectivity index (χ3n) is 3.29. The lowest BCUT2D eigenvalue weighted by Gasteiger charge is -2.11. The van der Waals surface area contributed by atoms with E-state index in [2.05, 4.69) is 4.98 Å². The number of nitrogens with one attached hydrogen (secondary N) is 1. The highest BCUT2D eigenvalue weighted by molar-refractivity contribution is 5.96. The van der Waals surface area contributed by atoms with Gasteiger partial charge in [0.2, 0.25) is 0 Å². The number of rotatable bonds is 4. The number of nitrogens with two attached hydrogens (primary N) is 1. The van der Waals surface area contributed by atoms with E-state index in [4.69, 9.17) is 15.9 Å². The minimum absolute atomic E-state index is 0.0465. The summed E-state index contributed by atoms with van der Waals surface area (Å²) in [5.74, 6) is 0.775. The maximum Gasteiger partial charge on any atom is 0.146 e. The number of fused-ring (bicyclic) bond motifs is 1. The van der Waals surface area contributed by atoms with Crippen LogP contribution in [0.4, 0.5) is 0 Å². The number of pyridine rings is 1. The molecule has 1 heterocycles. The maximum atomic E-state index is 7.60. The SMILES string of the molecule is N=C(N)c1ccccc1COc1cccc2cccnc12. The van der Waals surface area contributed by atoms with E-state index in [0.717, 1.165) is 22.2 Å². The van der Waals surface area contributed by atoms with Crippen molar-refractivity contribution < 1.29 is 4.74 Å². The first-order valence-electron chi connectivity index (χ1n) is 6.64. The first kappa shape index (κ1) is 13.1. The molecule has 4 heteroatoms. The quantitative estimate of drug-likeness (QED) is 0.568. The van der Waals surface area contributed by atoms with Gasteiger partial charge in [0.15, 0.2) is 0 Å². The summed E-state index contributed by atoms with van der Waals surface area (Å²) >= 11 is 0. The van der Waals surface area contributed by atoms with Crippen molar-refractivity contribution in [2.75, 3.05) is 0 Å². The predicted octanol–water partition coefficient (Wildman–Crippen LogP) is 3.10. The monoisotopic (exact) mass is 277 g/mol. The Morgan fingerprint density at radius 1 is 1.05 bits per heavy atom. The molecule has 0 saturated carbocycles.